The molecule has 0 aliphatic rings. The van der Waals surface area contributed by atoms with Crippen molar-refractivity contribution >= 4 is 21.4 Å². The van der Waals surface area contributed by atoms with Gasteiger partial charge in [0.15, 0.2) is 0 Å². The summed E-state index contributed by atoms with van der Waals surface area (Å²) in [4.78, 5) is 0. The molecule has 5 heteroatoms. The maximum atomic E-state index is 11.3. The number of nitrogens with one attached hydrogen (secondary N) is 1. The standard InChI is InChI=1S/C12H26ClNO2S/c1-4-12(5-2,10-13)11-14-8-7-9-17(15,16)6-3/h14H,4-11H2,1-3H3. The van der Waals surface area contributed by atoms with E-state index in [9.17, 15) is 8.42 Å². The molecular formula is C12H26ClNO2S. The van der Waals surface area contributed by atoms with E-state index in [0.717, 1.165) is 25.9 Å². The predicted molar refractivity (Wildman–Crippen MR) is 75.5 cm³/mol. The Morgan fingerprint density at radius 2 is 1.76 bits per heavy atom. The summed E-state index contributed by atoms with van der Waals surface area (Å²) >= 11 is 6.00. The van der Waals surface area contributed by atoms with Crippen LogP contribution in [0.5, 0.6) is 0 Å². The Morgan fingerprint density at radius 1 is 1.18 bits per heavy atom. The summed E-state index contributed by atoms with van der Waals surface area (Å²) in [5.74, 6) is 1.17. The average Bonchev–Trinajstić information content (AvgIpc) is 2.34. The molecule has 104 valence electrons. The number of alkyl halides is 1. The first kappa shape index (κ1) is 17.2. The fourth-order valence-electron chi connectivity index (χ4n) is 1.65. The van der Waals surface area contributed by atoms with Crippen LogP contribution in [0.25, 0.3) is 0 Å². The largest absolute Gasteiger partial charge is 0.316 e. The van der Waals surface area contributed by atoms with Crippen LogP contribution in [0.3, 0.4) is 0 Å². The van der Waals surface area contributed by atoms with Crippen molar-refractivity contribution < 1.29 is 8.42 Å². The summed E-state index contributed by atoms with van der Waals surface area (Å²) in [5, 5.41) is 3.33. The Morgan fingerprint density at radius 3 is 2.18 bits per heavy atom. The highest BCUT2D eigenvalue weighted by molar-refractivity contribution is 7.91. The molecule has 0 aliphatic heterocycles. The van der Waals surface area contributed by atoms with Crippen molar-refractivity contribution in [2.24, 2.45) is 5.41 Å². The number of halogens is 1. The maximum absolute atomic E-state index is 11.3. The van der Waals surface area contributed by atoms with Gasteiger partial charge in [0.1, 0.15) is 9.84 Å². The zero-order valence-corrected chi connectivity index (χ0v) is 12.8. The summed E-state index contributed by atoms with van der Waals surface area (Å²) in [6, 6.07) is 0. The number of hydrogen-bond donors (Lipinski definition) is 1. The highest BCUT2D eigenvalue weighted by Gasteiger charge is 2.24. The molecule has 3 nitrogen and oxygen atoms in total. The van der Waals surface area contributed by atoms with E-state index in [4.69, 9.17) is 11.6 Å². The van der Waals surface area contributed by atoms with Crippen molar-refractivity contribution in [1.82, 2.24) is 5.32 Å². The van der Waals surface area contributed by atoms with Crippen LogP contribution in [0.15, 0.2) is 0 Å². The molecule has 0 atom stereocenters. The van der Waals surface area contributed by atoms with Crippen molar-refractivity contribution in [3.8, 4) is 0 Å². The smallest absolute Gasteiger partial charge is 0.150 e. The highest BCUT2D eigenvalue weighted by atomic mass is 35.5. The normalized spacial score (nSPS) is 12.9. The third-order valence-corrected chi connectivity index (χ3v) is 5.89. The SMILES string of the molecule is CCC(CC)(CCl)CNCCCS(=O)(=O)CC. The van der Waals surface area contributed by atoms with Crippen LogP contribution in [0.4, 0.5) is 0 Å². The van der Waals surface area contributed by atoms with Crippen molar-refractivity contribution in [2.75, 3.05) is 30.5 Å². The quantitative estimate of drug-likeness (QED) is 0.495. The first-order valence-electron chi connectivity index (χ1n) is 6.42. The molecule has 0 aromatic rings. The van der Waals surface area contributed by atoms with E-state index in [1.165, 1.54) is 0 Å². The van der Waals surface area contributed by atoms with Crippen LogP contribution in [-0.4, -0.2) is 38.9 Å². The Balaban J connectivity index is 3.84. The van der Waals surface area contributed by atoms with Gasteiger partial charge in [0, 0.05) is 18.2 Å². The summed E-state index contributed by atoms with van der Waals surface area (Å²) in [7, 11) is -2.82. The molecule has 0 unspecified atom stereocenters. The van der Waals surface area contributed by atoms with Crippen molar-refractivity contribution in [1.29, 1.82) is 0 Å². The molecule has 0 radical (unpaired) electrons. The maximum Gasteiger partial charge on any atom is 0.150 e. The van der Waals surface area contributed by atoms with Gasteiger partial charge in [-0.2, -0.15) is 0 Å². The molecule has 1 N–H and O–H groups in total. The van der Waals surface area contributed by atoms with Crippen LogP contribution >= 0.6 is 11.6 Å². The third kappa shape index (κ3) is 6.63. The predicted octanol–water partition coefficient (Wildman–Crippen LogP) is 2.45. The fourth-order valence-corrected chi connectivity index (χ4v) is 3.00. The van der Waals surface area contributed by atoms with Gasteiger partial charge in [-0.3, -0.25) is 0 Å². The van der Waals surface area contributed by atoms with Gasteiger partial charge in [0.05, 0.1) is 5.75 Å². The first-order chi connectivity index (χ1) is 7.95. The van der Waals surface area contributed by atoms with Gasteiger partial charge in [0.2, 0.25) is 0 Å². The minimum atomic E-state index is -2.82. The molecule has 0 aromatic carbocycles. The minimum absolute atomic E-state index is 0.158. The molecule has 0 saturated heterocycles. The Labute approximate surface area is 111 Å². The van der Waals surface area contributed by atoms with Gasteiger partial charge in [0.25, 0.3) is 0 Å². The number of hydrogen-bond acceptors (Lipinski definition) is 3. The molecule has 0 amide bonds. The van der Waals surface area contributed by atoms with Gasteiger partial charge in [-0.05, 0) is 31.2 Å². The number of rotatable bonds is 10. The Kier molecular flexibility index (Phi) is 8.43. The van der Waals surface area contributed by atoms with Crippen LogP contribution in [0, 0.1) is 5.41 Å². The second kappa shape index (κ2) is 8.33. The average molecular weight is 284 g/mol. The van der Waals surface area contributed by atoms with Crippen LogP contribution in [-0.2, 0) is 9.84 Å². The van der Waals surface area contributed by atoms with Crippen LogP contribution in [0.2, 0.25) is 0 Å². The lowest BCUT2D eigenvalue weighted by Crippen LogP contribution is -2.35. The monoisotopic (exact) mass is 283 g/mol. The molecular weight excluding hydrogens is 258 g/mol. The van der Waals surface area contributed by atoms with Crippen molar-refractivity contribution in [3.05, 3.63) is 0 Å². The van der Waals surface area contributed by atoms with Gasteiger partial charge < -0.3 is 5.32 Å². The summed E-state index contributed by atoms with van der Waals surface area (Å²) in [5.41, 5.74) is 0.158. The molecule has 0 saturated carbocycles. The highest BCUT2D eigenvalue weighted by Crippen LogP contribution is 2.26. The molecule has 0 fully saturated rings. The van der Waals surface area contributed by atoms with Gasteiger partial charge >= 0.3 is 0 Å². The summed E-state index contributed by atoms with van der Waals surface area (Å²) < 4.78 is 22.6. The minimum Gasteiger partial charge on any atom is -0.316 e. The lowest BCUT2D eigenvalue weighted by Gasteiger charge is -2.29. The first-order valence-corrected chi connectivity index (χ1v) is 8.78. The van der Waals surface area contributed by atoms with Gasteiger partial charge in [-0.1, -0.05) is 20.8 Å². The van der Waals surface area contributed by atoms with Crippen molar-refractivity contribution in [2.45, 2.75) is 40.0 Å². The summed E-state index contributed by atoms with van der Waals surface area (Å²) in [6.07, 6.45) is 2.78. The Bertz CT molecular complexity index is 279. The van der Waals surface area contributed by atoms with E-state index >= 15 is 0 Å². The lowest BCUT2D eigenvalue weighted by molar-refractivity contribution is 0.287. The van der Waals surface area contributed by atoms with E-state index < -0.39 is 9.84 Å². The molecule has 0 heterocycles. The molecule has 0 spiro atoms. The topological polar surface area (TPSA) is 46.2 Å². The molecule has 17 heavy (non-hydrogen) atoms. The van der Waals surface area contributed by atoms with E-state index in [-0.39, 0.29) is 16.9 Å². The molecule has 0 aliphatic carbocycles. The summed E-state index contributed by atoms with van der Waals surface area (Å²) in [6.45, 7) is 7.60. The zero-order valence-electron chi connectivity index (χ0n) is 11.3. The van der Waals surface area contributed by atoms with Crippen LogP contribution < -0.4 is 5.32 Å². The fraction of sp³-hybridized carbons (Fsp3) is 1.00. The van der Waals surface area contributed by atoms with E-state index in [1.807, 2.05) is 0 Å². The van der Waals surface area contributed by atoms with E-state index in [1.54, 1.807) is 6.92 Å². The molecule has 0 aromatic heterocycles. The second-order valence-electron chi connectivity index (χ2n) is 4.61. The molecule has 0 bridgehead atoms. The third-order valence-electron chi connectivity index (χ3n) is 3.53. The van der Waals surface area contributed by atoms with Gasteiger partial charge in [-0.15, -0.1) is 11.6 Å². The van der Waals surface area contributed by atoms with Crippen LogP contribution in [0.1, 0.15) is 40.0 Å². The van der Waals surface area contributed by atoms with Crippen molar-refractivity contribution in [3.63, 3.8) is 0 Å². The lowest BCUT2D eigenvalue weighted by atomic mass is 9.84. The Hall–Kier alpha value is 0.200. The van der Waals surface area contributed by atoms with E-state index in [0.29, 0.717) is 12.3 Å². The second-order valence-corrected chi connectivity index (χ2v) is 7.35. The number of sulfone groups is 1. The van der Waals surface area contributed by atoms with Gasteiger partial charge in [-0.25, -0.2) is 8.42 Å². The van der Waals surface area contributed by atoms with E-state index in [2.05, 4.69) is 19.2 Å². The molecule has 0 rings (SSSR count). The zero-order chi connectivity index (χ0) is 13.4.